The van der Waals surface area contributed by atoms with Crippen LogP contribution in [0.1, 0.15) is 17.3 Å². The van der Waals surface area contributed by atoms with Crippen molar-refractivity contribution in [2.75, 3.05) is 4.93 Å². The van der Waals surface area contributed by atoms with Crippen molar-refractivity contribution in [3.63, 3.8) is 0 Å². The first-order valence-corrected chi connectivity index (χ1v) is 10.2. The molecule has 6 nitrogen and oxygen atoms in total. The molecule has 2 aromatic rings. The third kappa shape index (κ3) is 2.17. The van der Waals surface area contributed by atoms with E-state index in [0.29, 0.717) is 16.7 Å². The Morgan fingerprint density at radius 1 is 1.55 bits per heavy atom. The van der Waals surface area contributed by atoms with Gasteiger partial charge in [0.15, 0.2) is 0 Å². The first-order valence-electron chi connectivity index (χ1n) is 5.73. The van der Waals surface area contributed by atoms with Crippen LogP contribution >= 0.6 is 22.6 Å². The number of esters is 2. The molecule has 3 rings (SSSR count). The number of furan rings is 2. The second-order valence-corrected chi connectivity index (χ2v) is 7.35. The number of ether oxygens (including phenoxy) is 2. The minimum absolute atomic E-state index is 0.0286. The molecule has 20 heavy (non-hydrogen) atoms. The van der Waals surface area contributed by atoms with Gasteiger partial charge in [-0.05, 0) is 0 Å². The molecular formula is C12H10I2NO5-. The van der Waals surface area contributed by atoms with Crippen LogP contribution in [-0.4, -0.2) is 26.8 Å². The predicted molar refractivity (Wildman–Crippen MR) is 74.3 cm³/mol. The molecule has 108 valence electrons. The van der Waals surface area contributed by atoms with Crippen LogP contribution in [-0.2, 0) is 4.79 Å². The van der Waals surface area contributed by atoms with Crippen molar-refractivity contribution in [2.24, 2.45) is 0 Å². The Balaban J connectivity index is 1.78. The third-order valence-electron chi connectivity index (χ3n) is 2.93. The van der Waals surface area contributed by atoms with Crippen LogP contribution in [0, 0.1) is 0 Å². The molecule has 0 spiro atoms. The number of fused-ring (bicyclic) bond motifs is 1. The zero-order chi connectivity index (χ0) is 14.4. The summed E-state index contributed by atoms with van der Waals surface area (Å²) in [5.74, 6) is -0.414. The summed E-state index contributed by atoms with van der Waals surface area (Å²) in [6.45, 7) is 1.94. The summed E-state index contributed by atoms with van der Waals surface area (Å²) in [4.78, 5) is 25.7. The van der Waals surface area contributed by atoms with E-state index in [-0.39, 0.29) is 48.9 Å². The van der Waals surface area contributed by atoms with E-state index in [9.17, 15) is 9.59 Å². The second-order valence-electron chi connectivity index (χ2n) is 4.31. The molecule has 2 unspecified atom stereocenters. The maximum atomic E-state index is 12.1. The molecule has 8 heteroatoms. The van der Waals surface area contributed by atoms with Crippen LogP contribution in [0.5, 0.6) is 11.5 Å². The summed E-state index contributed by atoms with van der Waals surface area (Å²) < 4.78 is 18.7. The average molecular weight is 502 g/mol. The van der Waals surface area contributed by atoms with Crippen molar-refractivity contribution < 1.29 is 45.0 Å². The van der Waals surface area contributed by atoms with E-state index >= 15 is 0 Å². The molecule has 2 atom stereocenters. The van der Waals surface area contributed by atoms with Gasteiger partial charge in [0.1, 0.15) is 0 Å². The fraction of sp³-hybridized carbons (Fsp3) is 0.333. The van der Waals surface area contributed by atoms with Crippen LogP contribution in [0.3, 0.4) is 0 Å². The fourth-order valence-electron chi connectivity index (χ4n) is 1.96. The number of rotatable bonds is 5. The van der Waals surface area contributed by atoms with E-state index < -0.39 is 5.97 Å². The first-order chi connectivity index (χ1) is 9.52. The third-order valence-corrected chi connectivity index (χ3v) is 6.12. The number of nitrogens with one attached hydrogen (secondary N) is 1. The topological polar surface area (TPSA) is 77.8 Å². The van der Waals surface area contributed by atoms with Gasteiger partial charge in [-0.2, -0.15) is 0 Å². The Morgan fingerprint density at radius 3 is 3.00 bits per heavy atom. The SMILES string of the molecule is C[I-]NC(C)C(I)C(=O)Oc1c2c3oc1cc3C(=O)O2. The molecule has 1 aliphatic rings. The summed E-state index contributed by atoms with van der Waals surface area (Å²) >= 11 is 1.93. The second kappa shape index (κ2) is 5.30. The summed E-state index contributed by atoms with van der Waals surface area (Å²) in [7, 11) is 0. The molecule has 2 aromatic heterocycles. The van der Waals surface area contributed by atoms with Gasteiger partial charge in [0.25, 0.3) is 0 Å². The van der Waals surface area contributed by atoms with E-state index in [4.69, 9.17) is 13.9 Å². The van der Waals surface area contributed by atoms with Crippen molar-refractivity contribution in [3.8, 4) is 11.5 Å². The number of carbonyl (C=O) groups excluding carboxylic acids is 2. The number of hydrogen-bond acceptors (Lipinski definition) is 6. The molecule has 1 aliphatic heterocycles. The quantitative estimate of drug-likeness (QED) is 0.181. The number of hydrogen-bond donors (Lipinski definition) is 1. The summed E-state index contributed by atoms with van der Waals surface area (Å²) in [6, 6.07) is 1.57. The molecule has 0 fully saturated rings. The summed E-state index contributed by atoms with van der Waals surface area (Å²) in [5, 5.41) is 0. The number of benzene rings is 1. The summed E-state index contributed by atoms with van der Waals surface area (Å²) in [5.41, 5.74) is 1.13. The van der Waals surface area contributed by atoms with Gasteiger partial charge < -0.3 is 0 Å². The van der Waals surface area contributed by atoms with E-state index in [2.05, 4.69) is 8.46 Å². The van der Waals surface area contributed by atoms with Gasteiger partial charge >= 0.3 is 139 Å². The molecule has 3 heterocycles. The van der Waals surface area contributed by atoms with Crippen molar-refractivity contribution in [1.82, 2.24) is 3.53 Å². The van der Waals surface area contributed by atoms with E-state index in [1.165, 1.54) is 6.07 Å². The van der Waals surface area contributed by atoms with Gasteiger partial charge in [0, 0.05) is 0 Å². The minimum atomic E-state index is -0.465. The van der Waals surface area contributed by atoms with Gasteiger partial charge in [-0.1, -0.05) is 0 Å². The van der Waals surface area contributed by atoms with Crippen molar-refractivity contribution >= 4 is 45.7 Å². The Morgan fingerprint density at radius 2 is 2.30 bits per heavy atom. The molecule has 0 amide bonds. The van der Waals surface area contributed by atoms with Crippen LogP contribution in [0.15, 0.2) is 10.5 Å². The van der Waals surface area contributed by atoms with E-state index in [1.54, 1.807) is 0 Å². The Bertz CT molecular complexity index is 682. The van der Waals surface area contributed by atoms with Crippen LogP contribution in [0.4, 0.5) is 0 Å². The number of carbonyl (C=O) groups is 2. The van der Waals surface area contributed by atoms with Crippen LogP contribution in [0.25, 0.3) is 11.2 Å². The Labute approximate surface area is 138 Å². The number of alkyl halides is 2. The predicted octanol–water partition coefficient (Wildman–Crippen LogP) is -1.28. The Hall–Kier alpha value is -0.620. The zero-order valence-electron chi connectivity index (χ0n) is 10.5. The molecule has 0 aromatic carbocycles. The van der Waals surface area contributed by atoms with Crippen LogP contribution < -0.4 is 34.5 Å². The van der Waals surface area contributed by atoms with E-state index in [0.717, 1.165) is 0 Å². The van der Waals surface area contributed by atoms with Gasteiger partial charge in [-0.25, -0.2) is 0 Å². The Kier molecular flexibility index (Phi) is 3.79. The normalized spacial score (nSPS) is 16.6. The van der Waals surface area contributed by atoms with Gasteiger partial charge in [0.05, 0.1) is 0 Å². The molecule has 0 saturated carbocycles. The molecule has 2 bridgehead atoms. The van der Waals surface area contributed by atoms with Crippen molar-refractivity contribution in [1.29, 1.82) is 0 Å². The summed E-state index contributed by atoms with van der Waals surface area (Å²) in [6.07, 6.45) is 0. The molecule has 0 radical (unpaired) electrons. The molecule has 0 saturated heterocycles. The number of halogens is 2. The zero-order valence-corrected chi connectivity index (χ0v) is 14.8. The first kappa shape index (κ1) is 14.3. The van der Waals surface area contributed by atoms with Gasteiger partial charge in [-0.15, -0.1) is 0 Å². The van der Waals surface area contributed by atoms with Gasteiger partial charge in [0.2, 0.25) is 0 Å². The standard InChI is InChI=1S/C12H10I2NO5/c1-4(15-14-2)7(13)12(17)19-9-6-3-5-8(18-6)10(9)20-11(5)16/h3-4,7,15H,1-2H3/q-1. The molecular weight excluding hydrogens is 492 g/mol. The fourth-order valence-corrected chi connectivity index (χ4v) is 4.30. The molecule has 1 N–H and O–H groups in total. The van der Waals surface area contributed by atoms with Gasteiger partial charge in [-0.3, -0.25) is 0 Å². The average Bonchev–Trinajstić information content (AvgIpc) is 3.02. The monoisotopic (exact) mass is 502 g/mol. The maximum absolute atomic E-state index is 12.1. The van der Waals surface area contributed by atoms with Crippen molar-refractivity contribution in [2.45, 2.75) is 16.9 Å². The van der Waals surface area contributed by atoms with Crippen LogP contribution in [0.2, 0.25) is 0 Å². The van der Waals surface area contributed by atoms with Crippen molar-refractivity contribution in [3.05, 3.63) is 11.6 Å². The molecule has 0 aliphatic carbocycles. The van der Waals surface area contributed by atoms with E-state index in [1.807, 2.05) is 29.5 Å².